The molecule has 64 valence electrons. The Morgan fingerprint density at radius 2 is 0.556 bits per heavy atom. The molecule has 0 fully saturated rings. The molecule has 0 heterocycles. The van der Waals surface area contributed by atoms with Crippen LogP contribution in [0.3, 0.4) is 0 Å². The molecule has 9 heteroatoms. The van der Waals surface area contributed by atoms with Gasteiger partial charge in [0.2, 0.25) is 0 Å². The van der Waals surface area contributed by atoms with Gasteiger partial charge in [0.05, 0.1) is 0 Å². The minimum atomic E-state index is -7.28. The first-order valence-corrected chi connectivity index (χ1v) is 6.19. The monoisotopic (exact) mass is 328 g/mol. The van der Waals surface area contributed by atoms with Crippen molar-refractivity contribution in [3.63, 3.8) is 0 Å². The van der Waals surface area contributed by atoms with Gasteiger partial charge in [-0.3, -0.25) is 0 Å². The molecule has 0 spiro atoms. The molecular formula is H8F4HfO4. The van der Waals surface area contributed by atoms with Gasteiger partial charge in [-0.2, -0.15) is 0 Å². The Bertz CT molecular complexity index is 28.0. The molecule has 0 unspecified atom stereocenters. The summed E-state index contributed by atoms with van der Waals surface area (Å²) in [7, 11) is 0. The molecule has 4 nitrogen and oxygen atoms in total. The van der Waals surface area contributed by atoms with E-state index >= 15 is 0 Å². The summed E-state index contributed by atoms with van der Waals surface area (Å²) in [5, 5.41) is 0. The van der Waals surface area contributed by atoms with Crippen molar-refractivity contribution in [1.82, 2.24) is 0 Å². The first-order valence-electron chi connectivity index (χ1n) is 0.756. The molecule has 0 aromatic carbocycles. The molecule has 0 aliphatic carbocycles. The molecule has 0 aliphatic rings. The van der Waals surface area contributed by atoms with Gasteiger partial charge in [0.15, 0.2) is 0 Å². The molecule has 8 N–H and O–H groups in total. The Labute approximate surface area is 55.5 Å². The van der Waals surface area contributed by atoms with Crippen LogP contribution >= 0.6 is 0 Å². The molecule has 0 rings (SSSR count). The topological polar surface area (TPSA) is 126 Å². The second-order valence-electron chi connectivity index (χ2n) is 0.429. The van der Waals surface area contributed by atoms with Crippen molar-refractivity contribution in [1.29, 1.82) is 0 Å². The van der Waals surface area contributed by atoms with Crippen molar-refractivity contribution >= 4 is 0 Å². The summed E-state index contributed by atoms with van der Waals surface area (Å²) >= 11 is -7.28. The third kappa shape index (κ3) is 1880. The van der Waals surface area contributed by atoms with Gasteiger partial charge >= 0.3 is 33.0 Å². The molecule has 0 aliphatic heterocycles. The van der Waals surface area contributed by atoms with E-state index in [0.717, 1.165) is 0 Å². The van der Waals surface area contributed by atoms with Crippen LogP contribution < -0.4 is 0 Å². The van der Waals surface area contributed by atoms with E-state index in [0.29, 0.717) is 0 Å². The van der Waals surface area contributed by atoms with Gasteiger partial charge in [-0.05, 0) is 0 Å². The zero-order valence-corrected chi connectivity index (χ0v) is 7.60. The molecule has 0 atom stereocenters. The van der Waals surface area contributed by atoms with E-state index in [1.165, 1.54) is 0 Å². The molecular weight excluding hydrogens is 318 g/mol. The number of hydrogen-bond donors (Lipinski definition) is 0. The minimum absolute atomic E-state index is 0. The molecule has 0 amide bonds. The average molecular weight is 327 g/mol. The first kappa shape index (κ1) is 34.1. The van der Waals surface area contributed by atoms with Crippen LogP contribution in [-0.2, 0) is 22.4 Å². The van der Waals surface area contributed by atoms with Crippen molar-refractivity contribution in [3.05, 3.63) is 0 Å². The Morgan fingerprint density at radius 1 is 0.556 bits per heavy atom. The fourth-order valence-corrected chi connectivity index (χ4v) is 0. The standard InChI is InChI=1S/4FH.Hf.4H2O/h4*1H;;4*1H2/q;;;;+4;;;;/p-4. The molecule has 0 saturated carbocycles. The van der Waals surface area contributed by atoms with Crippen LogP contribution in [0.4, 0.5) is 10.7 Å². The van der Waals surface area contributed by atoms with E-state index in [1.54, 1.807) is 0 Å². The Balaban J connectivity index is -0.0000000133. The fourth-order valence-electron chi connectivity index (χ4n) is 0. The summed E-state index contributed by atoms with van der Waals surface area (Å²) in [6.07, 6.45) is 0. The van der Waals surface area contributed by atoms with Gasteiger partial charge in [0.1, 0.15) is 0 Å². The van der Waals surface area contributed by atoms with E-state index in [4.69, 9.17) is 0 Å². The van der Waals surface area contributed by atoms with Gasteiger partial charge in [-0.25, -0.2) is 0 Å². The molecule has 0 aromatic heterocycles. The maximum atomic E-state index is 9.91. The van der Waals surface area contributed by atoms with E-state index in [-0.39, 0.29) is 21.9 Å². The zero-order chi connectivity index (χ0) is 4.50. The number of rotatable bonds is 0. The van der Waals surface area contributed by atoms with Crippen molar-refractivity contribution in [2.75, 3.05) is 0 Å². The normalized spacial score (nSPS) is 6.67. The molecule has 0 saturated heterocycles. The number of hydrogen-bond acceptors (Lipinski definition) is 0. The summed E-state index contributed by atoms with van der Waals surface area (Å²) < 4.78 is 39.6. The third-order valence-electron chi connectivity index (χ3n) is 0. The van der Waals surface area contributed by atoms with E-state index in [2.05, 4.69) is 0 Å². The summed E-state index contributed by atoms with van der Waals surface area (Å²) in [6, 6.07) is 0. The van der Waals surface area contributed by atoms with Crippen LogP contribution in [0, 0.1) is 0 Å². The Hall–Kier alpha value is 0.430. The van der Waals surface area contributed by atoms with Crippen LogP contribution in [0.1, 0.15) is 0 Å². The summed E-state index contributed by atoms with van der Waals surface area (Å²) in [6.45, 7) is 0. The van der Waals surface area contributed by atoms with Gasteiger partial charge in [0.25, 0.3) is 0 Å². The number of halogens is 4. The van der Waals surface area contributed by atoms with E-state index < -0.39 is 22.4 Å². The van der Waals surface area contributed by atoms with Crippen LogP contribution in [0.25, 0.3) is 0 Å². The summed E-state index contributed by atoms with van der Waals surface area (Å²) in [4.78, 5) is 0. The SMILES string of the molecule is O.O.O.O.[F][Hf]([F])([F])[F]. The van der Waals surface area contributed by atoms with Crippen molar-refractivity contribution in [2.45, 2.75) is 0 Å². The van der Waals surface area contributed by atoms with E-state index in [9.17, 15) is 10.7 Å². The second kappa shape index (κ2) is 11.3. The van der Waals surface area contributed by atoms with Crippen LogP contribution in [0.5, 0.6) is 0 Å². The maximum absolute atomic E-state index is 9.91. The van der Waals surface area contributed by atoms with Crippen LogP contribution in [0.15, 0.2) is 0 Å². The molecule has 0 radical (unpaired) electrons. The van der Waals surface area contributed by atoms with Crippen molar-refractivity contribution in [2.24, 2.45) is 0 Å². The molecule has 9 heavy (non-hydrogen) atoms. The van der Waals surface area contributed by atoms with Crippen molar-refractivity contribution < 1.29 is 54.9 Å². The molecule has 0 bridgehead atoms. The quantitative estimate of drug-likeness (QED) is 0.375. The Kier molecular flexibility index (Phi) is 42.7. The summed E-state index contributed by atoms with van der Waals surface area (Å²) in [5.74, 6) is 0. The van der Waals surface area contributed by atoms with E-state index in [1.807, 2.05) is 0 Å². The van der Waals surface area contributed by atoms with Gasteiger partial charge in [-0.15, -0.1) is 0 Å². The van der Waals surface area contributed by atoms with Gasteiger partial charge in [-0.1, -0.05) is 0 Å². The first-order chi connectivity index (χ1) is 2.00. The van der Waals surface area contributed by atoms with Gasteiger partial charge in [0, 0.05) is 0 Å². The third-order valence-corrected chi connectivity index (χ3v) is 0. The second-order valence-corrected chi connectivity index (χ2v) is 3.51. The fraction of sp³-hybridized carbons (Fsp3) is 0. The predicted molar refractivity (Wildman–Crippen MR) is 18.9 cm³/mol. The summed E-state index contributed by atoms with van der Waals surface area (Å²) in [5.41, 5.74) is 0. The zero-order valence-electron chi connectivity index (χ0n) is 4.01. The van der Waals surface area contributed by atoms with Crippen LogP contribution in [-0.4, -0.2) is 21.9 Å². The average Bonchev–Trinajstić information content (AvgIpc) is 0.722. The van der Waals surface area contributed by atoms with Crippen molar-refractivity contribution in [3.8, 4) is 0 Å². The predicted octanol–water partition coefficient (Wildman–Crippen LogP) is -1.62. The molecule has 0 aromatic rings. The van der Waals surface area contributed by atoms with Gasteiger partial charge < -0.3 is 21.9 Å². The Morgan fingerprint density at radius 3 is 0.556 bits per heavy atom. The van der Waals surface area contributed by atoms with Crippen LogP contribution in [0.2, 0.25) is 0 Å².